The molecule has 1 saturated heterocycles. The van der Waals surface area contributed by atoms with E-state index < -0.39 is 0 Å². The number of allylic oxidation sites excluding steroid dienone is 2. The van der Waals surface area contributed by atoms with Crippen molar-refractivity contribution >= 4 is 0 Å². The van der Waals surface area contributed by atoms with Gasteiger partial charge in [0.2, 0.25) is 0 Å². The maximum Gasteiger partial charge on any atom is 0.0721 e. The topological polar surface area (TPSA) is 12.5 Å². The van der Waals surface area contributed by atoms with Gasteiger partial charge in [0.05, 0.1) is 13.2 Å². The average Bonchev–Trinajstić information content (AvgIpc) is 2.60. The van der Waals surface area contributed by atoms with Crippen LogP contribution in [0.3, 0.4) is 0 Å². The fourth-order valence-corrected chi connectivity index (χ4v) is 3.00. The van der Waals surface area contributed by atoms with Crippen LogP contribution in [0.25, 0.3) is 0 Å². The Kier molecular flexibility index (Phi) is 8.46. The molecule has 0 aliphatic carbocycles. The fraction of sp³-hybridized carbons (Fsp3) is 0.429. The fourth-order valence-electron chi connectivity index (χ4n) is 3.00. The van der Waals surface area contributed by atoms with Crippen molar-refractivity contribution in [3.05, 3.63) is 72.9 Å². The van der Waals surface area contributed by atoms with Crippen LogP contribution in [0.2, 0.25) is 0 Å². The van der Waals surface area contributed by atoms with Gasteiger partial charge < -0.3 is 4.74 Å². The molecule has 1 fully saturated rings. The molecule has 0 amide bonds. The van der Waals surface area contributed by atoms with Crippen molar-refractivity contribution < 1.29 is 4.74 Å². The number of ether oxygens (including phenoxy) is 1. The molecule has 1 unspecified atom stereocenters. The number of rotatable bonds is 9. The van der Waals surface area contributed by atoms with E-state index in [0.717, 1.165) is 13.0 Å². The summed E-state index contributed by atoms with van der Waals surface area (Å²) in [5.74, 6) is 0. The average molecular weight is 311 g/mol. The molecule has 0 saturated carbocycles. The number of benzene rings is 1. The number of likely N-dealkylation sites (tertiary alicyclic amines) is 1. The lowest BCUT2D eigenvalue weighted by molar-refractivity contribution is 0.146. The molecule has 2 rings (SSSR count). The van der Waals surface area contributed by atoms with E-state index in [2.05, 4.69) is 47.9 Å². The van der Waals surface area contributed by atoms with E-state index in [-0.39, 0.29) is 0 Å². The van der Waals surface area contributed by atoms with Crippen LogP contribution in [-0.4, -0.2) is 30.6 Å². The minimum atomic E-state index is 0.676. The normalized spacial score (nSPS) is 19.6. The number of nitrogens with zero attached hydrogens (tertiary/aromatic N) is 1. The van der Waals surface area contributed by atoms with Crippen LogP contribution in [0.4, 0.5) is 0 Å². The van der Waals surface area contributed by atoms with Gasteiger partial charge in [-0.15, -0.1) is 0 Å². The third kappa shape index (κ3) is 6.98. The molecular weight excluding hydrogens is 282 g/mol. The molecule has 0 aromatic heterocycles. The lowest BCUT2D eigenvalue weighted by atomic mass is 9.99. The number of hydrogen-bond donors (Lipinski definition) is 0. The van der Waals surface area contributed by atoms with Crippen molar-refractivity contribution in [2.24, 2.45) is 0 Å². The molecule has 1 heterocycles. The van der Waals surface area contributed by atoms with Gasteiger partial charge in [-0.3, -0.25) is 4.90 Å². The van der Waals surface area contributed by atoms with Crippen LogP contribution in [0.1, 0.15) is 31.2 Å². The first-order valence-corrected chi connectivity index (χ1v) is 8.68. The maximum absolute atomic E-state index is 5.69. The van der Waals surface area contributed by atoms with E-state index in [1.807, 2.05) is 24.3 Å². The van der Waals surface area contributed by atoms with Gasteiger partial charge in [0.1, 0.15) is 0 Å². The van der Waals surface area contributed by atoms with Crippen LogP contribution >= 0.6 is 0 Å². The third-order valence-corrected chi connectivity index (χ3v) is 4.26. The van der Waals surface area contributed by atoms with Gasteiger partial charge in [-0.05, 0) is 31.4 Å². The van der Waals surface area contributed by atoms with Crippen LogP contribution in [-0.2, 0) is 11.3 Å². The molecule has 2 nitrogen and oxygen atoms in total. The third-order valence-electron chi connectivity index (χ3n) is 4.26. The molecule has 1 atom stereocenters. The highest BCUT2D eigenvalue weighted by Gasteiger charge is 2.19. The molecule has 0 bridgehead atoms. The summed E-state index contributed by atoms with van der Waals surface area (Å²) in [4.78, 5) is 2.59. The smallest absolute Gasteiger partial charge is 0.0721 e. The summed E-state index contributed by atoms with van der Waals surface area (Å²) in [6, 6.07) is 11.0. The monoisotopic (exact) mass is 311 g/mol. The maximum atomic E-state index is 5.69. The van der Waals surface area contributed by atoms with Gasteiger partial charge in [-0.1, -0.05) is 73.7 Å². The Morgan fingerprint density at radius 3 is 2.83 bits per heavy atom. The molecule has 0 N–H and O–H groups in total. The lowest BCUT2D eigenvalue weighted by Crippen LogP contribution is -2.39. The van der Waals surface area contributed by atoms with E-state index in [1.165, 1.54) is 31.4 Å². The van der Waals surface area contributed by atoms with E-state index >= 15 is 0 Å². The Bertz CT molecular complexity index is 492. The summed E-state index contributed by atoms with van der Waals surface area (Å²) >= 11 is 0. The van der Waals surface area contributed by atoms with Crippen molar-refractivity contribution in [1.29, 1.82) is 0 Å². The van der Waals surface area contributed by atoms with Gasteiger partial charge in [0.25, 0.3) is 0 Å². The van der Waals surface area contributed by atoms with Crippen molar-refractivity contribution in [1.82, 2.24) is 4.90 Å². The van der Waals surface area contributed by atoms with Gasteiger partial charge in [0, 0.05) is 12.6 Å². The molecular formula is C21H29NO. The zero-order valence-electron chi connectivity index (χ0n) is 14.1. The Labute approximate surface area is 141 Å². The van der Waals surface area contributed by atoms with Crippen LogP contribution in [0.15, 0.2) is 67.3 Å². The van der Waals surface area contributed by atoms with Crippen LogP contribution in [0.5, 0.6) is 0 Å². The van der Waals surface area contributed by atoms with Gasteiger partial charge in [-0.2, -0.15) is 0 Å². The highest BCUT2D eigenvalue weighted by atomic mass is 16.5. The van der Waals surface area contributed by atoms with Gasteiger partial charge >= 0.3 is 0 Å². The molecule has 1 aromatic rings. The summed E-state index contributed by atoms with van der Waals surface area (Å²) in [7, 11) is 0. The minimum Gasteiger partial charge on any atom is -0.373 e. The van der Waals surface area contributed by atoms with Crippen molar-refractivity contribution in [2.45, 2.75) is 38.3 Å². The molecule has 0 spiro atoms. The summed E-state index contributed by atoms with van der Waals surface area (Å²) in [6.45, 7) is 7.34. The molecule has 1 aromatic carbocycles. The molecule has 23 heavy (non-hydrogen) atoms. The summed E-state index contributed by atoms with van der Waals surface area (Å²) in [5, 5.41) is 0. The first-order chi connectivity index (χ1) is 11.4. The predicted molar refractivity (Wildman–Crippen MR) is 98.4 cm³/mol. The first-order valence-electron chi connectivity index (χ1n) is 8.68. The second kappa shape index (κ2) is 11.0. The minimum absolute atomic E-state index is 0.676. The summed E-state index contributed by atoms with van der Waals surface area (Å²) in [6.07, 6.45) is 15.7. The second-order valence-corrected chi connectivity index (χ2v) is 6.02. The van der Waals surface area contributed by atoms with Crippen molar-refractivity contribution in [3.8, 4) is 0 Å². The van der Waals surface area contributed by atoms with Gasteiger partial charge in [0.15, 0.2) is 0 Å². The Morgan fingerprint density at radius 2 is 2.00 bits per heavy atom. The van der Waals surface area contributed by atoms with Crippen molar-refractivity contribution in [2.75, 3.05) is 19.7 Å². The molecule has 0 radical (unpaired) electrons. The van der Waals surface area contributed by atoms with Crippen LogP contribution < -0.4 is 0 Å². The Balaban J connectivity index is 1.66. The number of hydrogen-bond acceptors (Lipinski definition) is 2. The Hall–Kier alpha value is -1.64. The van der Waals surface area contributed by atoms with E-state index in [9.17, 15) is 0 Å². The molecule has 1 aliphatic heterocycles. The van der Waals surface area contributed by atoms with E-state index in [4.69, 9.17) is 4.74 Å². The number of piperidine rings is 1. The zero-order chi connectivity index (χ0) is 16.2. The molecule has 1 aliphatic rings. The quantitative estimate of drug-likeness (QED) is 0.371. The highest BCUT2D eigenvalue weighted by molar-refractivity contribution is 5.13. The van der Waals surface area contributed by atoms with Crippen molar-refractivity contribution in [3.63, 3.8) is 0 Å². The first kappa shape index (κ1) is 17.7. The van der Waals surface area contributed by atoms with E-state index in [1.54, 1.807) is 0 Å². The zero-order valence-corrected chi connectivity index (χ0v) is 14.1. The van der Waals surface area contributed by atoms with Gasteiger partial charge in [-0.25, -0.2) is 0 Å². The lowest BCUT2D eigenvalue weighted by Gasteiger charge is -2.34. The largest absolute Gasteiger partial charge is 0.373 e. The summed E-state index contributed by atoms with van der Waals surface area (Å²) < 4.78 is 5.69. The summed E-state index contributed by atoms with van der Waals surface area (Å²) in [5.41, 5.74) is 1.23. The molecule has 2 heteroatoms. The van der Waals surface area contributed by atoms with Crippen LogP contribution in [0, 0.1) is 0 Å². The second-order valence-electron chi connectivity index (χ2n) is 6.02. The van der Waals surface area contributed by atoms with E-state index in [0.29, 0.717) is 19.3 Å². The Morgan fingerprint density at radius 1 is 1.13 bits per heavy atom. The SMILES string of the molecule is C=C/C=C/CC1CCCCN1C/C=C\COCc1ccccc1. The standard InChI is InChI=1S/C21H29NO/c1-2-3-5-14-21-15-8-9-16-22(21)17-10-11-18-23-19-20-12-6-4-7-13-20/h2-7,10-13,21H,1,8-9,14-19H2/b5-3+,11-10-. The highest BCUT2D eigenvalue weighted by Crippen LogP contribution is 2.19. The predicted octanol–water partition coefficient (Wildman–Crippen LogP) is 4.75. The molecule has 124 valence electrons.